The fourth-order valence-corrected chi connectivity index (χ4v) is 3.13. The number of benzene rings is 2. The Balaban J connectivity index is 2.06. The summed E-state index contributed by atoms with van der Waals surface area (Å²) in [5.41, 5.74) is 1.54. The average Bonchev–Trinajstić information content (AvgIpc) is 2.96. The molecule has 1 atom stereocenters. The molecule has 4 nitrogen and oxygen atoms in total. The molecular weight excluding hydrogens is 365 g/mol. The smallest absolute Gasteiger partial charge is 0.225 e. The van der Waals surface area contributed by atoms with Gasteiger partial charge in [-0.2, -0.15) is 0 Å². The van der Waals surface area contributed by atoms with Crippen LogP contribution in [0.15, 0.2) is 42.5 Å². The van der Waals surface area contributed by atoms with Gasteiger partial charge in [0.05, 0.1) is 23.6 Å². The van der Waals surface area contributed by atoms with Gasteiger partial charge >= 0.3 is 0 Å². The molecule has 1 heterocycles. The highest BCUT2D eigenvalue weighted by Crippen LogP contribution is 2.27. The summed E-state index contributed by atoms with van der Waals surface area (Å²) in [6.07, 6.45) is 0. The van der Waals surface area contributed by atoms with Crippen molar-refractivity contribution >= 4 is 28.5 Å². The number of nitrogens with one attached hydrogen (secondary N) is 1. The molecule has 1 amide bonds. The molecule has 0 saturated carbocycles. The van der Waals surface area contributed by atoms with Gasteiger partial charge in [0.1, 0.15) is 11.6 Å². The van der Waals surface area contributed by atoms with E-state index in [0.29, 0.717) is 16.4 Å². The molecule has 0 aliphatic heterocycles. The first-order chi connectivity index (χ1) is 12.7. The summed E-state index contributed by atoms with van der Waals surface area (Å²) in [5.74, 6) is 0.225. The highest BCUT2D eigenvalue weighted by molar-refractivity contribution is 6.31. The molecule has 0 spiro atoms. The largest absolute Gasteiger partial charge is 0.346 e. The minimum atomic E-state index is -0.514. The van der Waals surface area contributed by atoms with E-state index in [-0.39, 0.29) is 24.3 Å². The lowest BCUT2D eigenvalue weighted by Crippen LogP contribution is -2.37. The van der Waals surface area contributed by atoms with Gasteiger partial charge in [-0.05, 0) is 31.2 Å². The number of aromatic nitrogens is 2. The minimum Gasteiger partial charge on any atom is -0.346 e. The molecule has 142 valence electrons. The maximum atomic E-state index is 14.4. The highest BCUT2D eigenvalue weighted by atomic mass is 35.5. The molecule has 0 fully saturated rings. The second kappa shape index (κ2) is 7.31. The fourth-order valence-electron chi connectivity index (χ4n) is 2.91. The van der Waals surface area contributed by atoms with Gasteiger partial charge in [0, 0.05) is 16.0 Å². The number of carbonyl (C=O) groups is 1. The van der Waals surface area contributed by atoms with Crippen LogP contribution in [0.25, 0.3) is 11.0 Å². The van der Waals surface area contributed by atoms with E-state index in [4.69, 9.17) is 11.6 Å². The standard InChI is InChI=1S/C21H23ClFN3O/c1-13(24-20(27)21(2,3)4)19-25-17-10-5-6-11-18(17)26(19)12-14-15(22)8-7-9-16(14)23/h5-11,13H,12H2,1-4H3,(H,24,27)/t13-/m1/s1. The number of nitrogens with zero attached hydrogens (tertiary/aromatic N) is 2. The van der Waals surface area contributed by atoms with Crippen LogP contribution < -0.4 is 5.32 Å². The summed E-state index contributed by atoms with van der Waals surface area (Å²) in [4.78, 5) is 17.1. The second-order valence-corrected chi connectivity index (χ2v) is 8.10. The molecule has 6 heteroatoms. The monoisotopic (exact) mass is 387 g/mol. The lowest BCUT2D eigenvalue weighted by molar-refractivity contribution is -0.129. The number of amides is 1. The lowest BCUT2D eigenvalue weighted by atomic mass is 9.95. The van der Waals surface area contributed by atoms with Crippen LogP contribution in [-0.4, -0.2) is 15.5 Å². The van der Waals surface area contributed by atoms with Crippen LogP contribution >= 0.6 is 11.6 Å². The molecule has 3 rings (SSSR count). The van der Waals surface area contributed by atoms with Crippen molar-refractivity contribution in [2.45, 2.75) is 40.3 Å². The summed E-state index contributed by atoms with van der Waals surface area (Å²) in [7, 11) is 0. The number of carbonyl (C=O) groups excluding carboxylic acids is 1. The van der Waals surface area contributed by atoms with Gasteiger partial charge in [0.25, 0.3) is 0 Å². The summed E-state index contributed by atoms with van der Waals surface area (Å²) in [6.45, 7) is 7.69. The van der Waals surface area contributed by atoms with Crippen LogP contribution in [0, 0.1) is 11.2 Å². The number of para-hydroxylation sites is 2. The zero-order valence-electron chi connectivity index (χ0n) is 15.9. The predicted molar refractivity (Wildman–Crippen MR) is 106 cm³/mol. The molecule has 0 aliphatic rings. The van der Waals surface area contributed by atoms with Crippen molar-refractivity contribution < 1.29 is 9.18 Å². The van der Waals surface area contributed by atoms with Crippen molar-refractivity contribution in [3.05, 3.63) is 64.7 Å². The van der Waals surface area contributed by atoms with Gasteiger partial charge in [0.15, 0.2) is 0 Å². The number of hydrogen-bond acceptors (Lipinski definition) is 2. The van der Waals surface area contributed by atoms with Crippen molar-refractivity contribution in [2.24, 2.45) is 5.41 Å². The molecule has 2 aromatic carbocycles. The molecule has 1 N–H and O–H groups in total. The first-order valence-corrected chi connectivity index (χ1v) is 9.25. The van der Waals surface area contributed by atoms with Crippen molar-refractivity contribution in [3.8, 4) is 0 Å². The SMILES string of the molecule is C[C@@H](NC(=O)C(C)(C)C)c1nc2ccccc2n1Cc1c(F)cccc1Cl. The maximum Gasteiger partial charge on any atom is 0.225 e. The van der Waals surface area contributed by atoms with E-state index in [2.05, 4.69) is 10.3 Å². The van der Waals surface area contributed by atoms with Crippen molar-refractivity contribution in [1.82, 2.24) is 14.9 Å². The number of rotatable bonds is 4. The summed E-state index contributed by atoms with van der Waals surface area (Å²) < 4.78 is 16.3. The summed E-state index contributed by atoms with van der Waals surface area (Å²) in [6, 6.07) is 11.9. The molecule has 0 radical (unpaired) electrons. The van der Waals surface area contributed by atoms with Gasteiger partial charge in [-0.15, -0.1) is 0 Å². The number of fused-ring (bicyclic) bond motifs is 1. The first kappa shape index (κ1) is 19.4. The van der Waals surface area contributed by atoms with Crippen LogP contribution in [0.4, 0.5) is 4.39 Å². The minimum absolute atomic E-state index is 0.0717. The van der Waals surface area contributed by atoms with Crippen LogP contribution in [0.5, 0.6) is 0 Å². The van der Waals surface area contributed by atoms with Gasteiger partial charge in [-0.1, -0.05) is 50.6 Å². The Morgan fingerprint density at radius 1 is 1.22 bits per heavy atom. The van der Waals surface area contributed by atoms with E-state index in [0.717, 1.165) is 11.0 Å². The van der Waals surface area contributed by atoms with E-state index >= 15 is 0 Å². The van der Waals surface area contributed by atoms with E-state index in [1.807, 2.05) is 56.5 Å². The topological polar surface area (TPSA) is 46.9 Å². The van der Waals surface area contributed by atoms with Crippen LogP contribution in [-0.2, 0) is 11.3 Å². The Kier molecular flexibility index (Phi) is 5.24. The van der Waals surface area contributed by atoms with Gasteiger partial charge in [0.2, 0.25) is 5.91 Å². The summed E-state index contributed by atoms with van der Waals surface area (Å²) in [5, 5.41) is 3.37. The first-order valence-electron chi connectivity index (χ1n) is 8.87. The van der Waals surface area contributed by atoms with Crippen LogP contribution in [0.2, 0.25) is 5.02 Å². The van der Waals surface area contributed by atoms with Crippen LogP contribution in [0.1, 0.15) is 45.1 Å². The zero-order valence-corrected chi connectivity index (χ0v) is 16.6. The summed E-state index contributed by atoms with van der Waals surface area (Å²) >= 11 is 6.23. The number of hydrogen-bond donors (Lipinski definition) is 1. The highest BCUT2D eigenvalue weighted by Gasteiger charge is 2.26. The Morgan fingerprint density at radius 3 is 2.59 bits per heavy atom. The van der Waals surface area contributed by atoms with Crippen molar-refractivity contribution in [2.75, 3.05) is 0 Å². The Hall–Kier alpha value is -2.40. The second-order valence-electron chi connectivity index (χ2n) is 7.69. The molecule has 0 aliphatic carbocycles. The Bertz CT molecular complexity index is 970. The van der Waals surface area contributed by atoms with Crippen molar-refractivity contribution in [1.29, 1.82) is 0 Å². The number of imidazole rings is 1. The van der Waals surface area contributed by atoms with Crippen molar-refractivity contribution in [3.63, 3.8) is 0 Å². The third-order valence-corrected chi connectivity index (χ3v) is 4.83. The molecule has 27 heavy (non-hydrogen) atoms. The maximum absolute atomic E-state index is 14.4. The molecular formula is C21H23ClFN3O. The van der Waals surface area contributed by atoms with E-state index in [1.165, 1.54) is 6.07 Å². The molecule has 1 aromatic heterocycles. The predicted octanol–water partition coefficient (Wildman–Crippen LogP) is 5.10. The molecule has 3 aromatic rings. The normalized spacial score (nSPS) is 13.0. The molecule has 0 unspecified atom stereocenters. The van der Waals surface area contributed by atoms with Crippen LogP contribution in [0.3, 0.4) is 0 Å². The average molecular weight is 388 g/mol. The van der Waals surface area contributed by atoms with E-state index in [1.54, 1.807) is 12.1 Å². The molecule has 0 saturated heterocycles. The third-order valence-electron chi connectivity index (χ3n) is 4.48. The van der Waals surface area contributed by atoms with Gasteiger partial charge in [-0.3, -0.25) is 4.79 Å². The van der Waals surface area contributed by atoms with E-state index < -0.39 is 5.41 Å². The van der Waals surface area contributed by atoms with Gasteiger partial charge < -0.3 is 9.88 Å². The lowest BCUT2D eigenvalue weighted by Gasteiger charge is -2.22. The van der Waals surface area contributed by atoms with E-state index in [9.17, 15) is 9.18 Å². The fraction of sp³-hybridized carbons (Fsp3) is 0.333. The third kappa shape index (κ3) is 3.98. The Morgan fingerprint density at radius 2 is 1.93 bits per heavy atom. The number of halogens is 2. The Labute approximate surface area is 163 Å². The molecule has 0 bridgehead atoms. The zero-order chi connectivity index (χ0) is 19.8. The van der Waals surface area contributed by atoms with Gasteiger partial charge in [-0.25, -0.2) is 9.37 Å². The quantitative estimate of drug-likeness (QED) is 0.676.